The number of hydrogen-bond acceptors (Lipinski definition) is 9. The van der Waals surface area contributed by atoms with Crippen LogP contribution in [0, 0.1) is 0 Å². The Morgan fingerprint density at radius 3 is 2.29 bits per heavy atom. The van der Waals surface area contributed by atoms with Gasteiger partial charge < -0.3 is 35.6 Å². The summed E-state index contributed by atoms with van der Waals surface area (Å²) in [5, 5.41) is 44.0. The third-order valence-corrected chi connectivity index (χ3v) is 7.58. The van der Waals surface area contributed by atoms with Gasteiger partial charge in [0, 0.05) is 47.6 Å². The number of rotatable bonds is 3. The lowest BCUT2D eigenvalue weighted by Gasteiger charge is -2.42. The Bertz CT molecular complexity index is 1210. The highest BCUT2D eigenvalue weighted by molar-refractivity contribution is 6.30. The van der Waals surface area contributed by atoms with E-state index in [1.54, 1.807) is 26.0 Å². The Morgan fingerprint density at radius 2 is 1.71 bits per heavy atom. The Balaban J connectivity index is 1.64. The van der Waals surface area contributed by atoms with Gasteiger partial charge in [0.25, 0.3) is 0 Å². The molecule has 0 bridgehead atoms. The average Bonchev–Trinajstić information content (AvgIpc) is 2.83. The van der Waals surface area contributed by atoms with E-state index in [4.69, 9.17) is 15.2 Å². The average molecular weight is 484 g/mol. The van der Waals surface area contributed by atoms with Crippen LogP contribution in [0.25, 0.3) is 0 Å². The van der Waals surface area contributed by atoms with E-state index in [0.717, 1.165) is 0 Å². The molecule has 9 heteroatoms. The molecule has 35 heavy (non-hydrogen) atoms. The molecule has 186 valence electrons. The van der Waals surface area contributed by atoms with Crippen molar-refractivity contribution in [2.45, 2.75) is 75.8 Å². The molecule has 1 saturated heterocycles. The molecule has 1 fully saturated rings. The van der Waals surface area contributed by atoms with Gasteiger partial charge >= 0.3 is 0 Å². The van der Waals surface area contributed by atoms with Gasteiger partial charge in [0.15, 0.2) is 17.9 Å². The van der Waals surface area contributed by atoms with E-state index >= 15 is 0 Å². The van der Waals surface area contributed by atoms with E-state index in [9.17, 15) is 30.0 Å². The fourth-order valence-corrected chi connectivity index (χ4v) is 5.50. The van der Waals surface area contributed by atoms with Crippen LogP contribution in [-0.4, -0.2) is 62.1 Å². The second-order valence-electron chi connectivity index (χ2n) is 9.79. The third kappa shape index (κ3) is 3.66. The van der Waals surface area contributed by atoms with Crippen LogP contribution in [0.2, 0.25) is 0 Å². The number of phenols is 2. The normalized spacial score (nSPS) is 32.1. The van der Waals surface area contributed by atoms with E-state index in [1.165, 1.54) is 12.1 Å². The fraction of sp³-hybridized carbons (Fsp3) is 0.462. The molecule has 0 spiro atoms. The number of carbonyl (C=O) groups excluding carboxylic acids is 2. The summed E-state index contributed by atoms with van der Waals surface area (Å²) < 4.78 is 11.9. The molecule has 5 rings (SSSR count). The lowest BCUT2D eigenvalue weighted by molar-refractivity contribution is -0.247. The van der Waals surface area contributed by atoms with Crippen LogP contribution in [0.15, 0.2) is 24.3 Å². The van der Waals surface area contributed by atoms with Crippen molar-refractivity contribution in [1.29, 1.82) is 0 Å². The molecule has 0 aromatic heterocycles. The summed E-state index contributed by atoms with van der Waals surface area (Å²) in [7, 11) is 0. The fourth-order valence-electron chi connectivity index (χ4n) is 5.50. The highest BCUT2D eigenvalue weighted by Crippen LogP contribution is 2.52. The van der Waals surface area contributed by atoms with Gasteiger partial charge in [-0.3, -0.25) is 9.59 Å². The number of fused-ring (bicyclic) bond motifs is 3. The summed E-state index contributed by atoms with van der Waals surface area (Å²) in [6, 6.07) is 5.65. The van der Waals surface area contributed by atoms with E-state index in [0.29, 0.717) is 6.42 Å². The van der Waals surface area contributed by atoms with Crippen molar-refractivity contribution in [3.63, 3.8) is 0 Å². The van der Waals surface area contributed by atoms with Crippen molar-refractivity contribution in [2.24, 2.45) is 5.73 Å². The first kappa shape index (κ1) is 23.9. The van der Waals surface area contributed by atoms with E-state index in [1.807, 2.05) is 0 Å². The number of benzene rings is 2. The number of aliphatic hydroxyl groups excluding tert-OH is 1. The minimum atomic E-state index is -1.29. The van der Waals surface area contributed by atoms with Crippen molar-refractivity contribution in [3.05, 3.63) is 57.6 Å². The van der Waals surface area contributed by atoms with E-state index in [2.05, 4.69) is 0 Å². The summed E-state index contributed by atoms with van der Waals surface area (Å²) in [5.41, 5.74) is 4.79. The molecular formula is C26H29NO8. The van der Waals surface area contributed by atoms with Gasteiger partial charge in [0.1, 0.15) is 11.5 Å². The molecule has 1 heterocycles. The first-order valence-corrected chi connectivity index (χ1v) is 11.8. The first-order valence-electron chi connectivity index (χ1n) is 11.8. The van der Waals surface area contributed by atoms with Crippen LogP contribution >= 0.6 is 0 Å². The van der Waals surface area contributed by atoms with E-state index < -0.39 is 59.3 Å². The summed E-state index contributed by atoms with van der Waals surface area (Å²) in [6.07, 6.45) is -2.76. The maximum atomic E-state index is 13.3. The number of ketones is 2. The zero-order chi connectivity index (χ0) is 25.2. The van der Waals surface area contributed by atoms with Crippen LogP contribution in [0.3, 0.4) is 0 Å². The second-order valence-corrected chi connectivity index (χ2v) is 9.79. The van der Waals surface area contributed by atoms with Crippen LogP contribution in [-0.2, 0) is 15.9 Å². The molecule has 3 aliphatic rings. The largest absolute Gasteiger partial charge is 0.507 e. The zero-order valence-corrected chi connectivity index (χ0v) is 19.5. The van der Waals surface area contributed by atoms with Crippen LogP contribution in [0.4, 0.5) is 0 Å². The smallest absolute Gasteiger partial charge is 0.198 e. The summed E-state index contributed by atoms with van der Waals surface area (Å²) in [4.78, 5) is 26.6. The number of aliphatic hydroxyl groups is 2. The molecule has 0 amide bonds. The molecule has 2 aliphatic carbocycles. The second kappa shape index (κ2) is 8.39. The first-order chi connectivity index (χ1) is 16.6. The van der Waals surface area contributed by atoms with Gasteiger partial charge in [-0.1, -0.05) is 31.2 Å². The number of phenolic OH excluding ortho intramolecular Hbond substituents is 2. The standard InChI is InChI=1S/C26H29NO8/c1-3-26(33)9-14-18(16(10-26)35-17-8-15(27)21(28)11(2)34-17)25(32)20-19(24(14)31)22(29)12-6-4-5-7-13(12)23(20)30/h4-7,11,15-17,21,28,31-33H,3,8-10,27H2,1-2H3/t11-,15-,16-,17-,21+,26-/m0/s1. The highest BCUT2D eigenvalue weighted by atomic mass is 16.7. The molecule has 2 aromatic rings. The SMILES string of the molecule is CC[C@]1(O)Cc2c(O)c3c(c(O)c2[C@@H](O[C@H]2C[C@H](N)[C@H](O)[C@H](C)O2)C1)C(=O)c1ccccc1C3=O. The molecular weight excluding hydrogens is 454 g/mol. The molecule has 0 saturated carbocycles. The third-order valence-electron chi connectivity index (χ3n) is 7.58. The highest BCUT2D eigenvalue weighted by Gasteiger charge is 2.46. The lowest BCUT2D eigenvalue weighted by Crippen LogP contribution is -2.52. The van der Waals surface area contributed by atoms with Crippen molar-refractivity contribution in [3.8, 4) is 11.5 Å². The van der Waals surface area contributed by atoms with Crippen LogP contribution in [0.1, 0.15) is 82.2 Å². The van der Waals surface area contributed by atoms with Gasteiger partial charge in [-0.15, -0.1) is 0 Å². The number of ether oxygens (including phenoxy) is 2. The molecule has 9 nitrogen and oxygen atoms in total. The number of nitrogens with two attached hydrogens (primary N) is 1. The Hall–Kier alpha value is -2.82. The number of hydrogen-bond donors (Lipinski definition) is 5. The Labute approximate surface area is 202 Å². The molecule has 1 aliphatic heterocycles. The number of aromatic hydroxyl groups is 2. The molecule has 6 atom stereocenters. The van der Waals surface area contributed by atoms with Gasteiger partial charge in [0.05, 0.1) is 35.0 Å². The van der Waals surface area contributed by atoms with Crippen molar-refractivity contribution < 1.29 is 39.5 Å². The van der Waals surface area contributed by atoms with E-state index in [-0.39, 0.29) is 52.6 Å². The van der Waals surface area contributed by atoms with Gasteiger partial charge in [-0.25, -0.2) is 0 Å². The summed E-state index contributed by atoms with van der Waals surface area (Å²) >= 11 is 0. The van der Waals surface area contributed by atoms with Gasteiger partial charge in [0.2, 0.25) is 0 Å². The molecule has 6 N–H and O–H groups in total. The maximum Gasteiger partial charge on any atom is 0.198 e. The van der Waals surface area contributed by atoms with Crippen molar-refractivity contribution in [2.75, 3.05) is 0 Å². The monoisotopic (exact) mass is 483 g/mol. The lowest BCUT2D eigenvalue weighted by atomic mass is 9.72. The molecule has 2 aromatic carbocycles. The van der Waals surface area contributed by atoms with Crippen molar-refractivity contribution >= 4 is 11.6 Å². The maximum absolute atomic E-state index is 13.3. The minimum Gasteiger partial charge on any atom is -0.507 e. The van der Waals surface area contributed by atoms with Crippen molar-refractivity contribution in [1.82, 2.24) is 0 Å². The summed E-state index contributed by atoms with van der Waals surface area (Å²) in [5.74, 6) is -2.03. The Morgan fingerprint density at radius 1 is 1.11 bits per heavy atom. The van der Waals surface area contributed by atoms with Crippen LogP contribution < -0.4 is 5.73 Å². The Kier molecular flexibility index (Phi) is 5.73. The van der Waals surface area contributed by atoms with Gasteiger partial charge in [-0.05, 0) is 13.3 Å². The predicted molar refractivity (Wildman–Crippen MR) is 123 cm³/mol. The summed E-state index contributed by atoms with van der Waals surface area (Å²) in [6.45, 7) is 3.45. The predicted octanol–water partition coefficient (Wildman–Crippen LogP) is 1.84. The quantitative estimate of drug-likeness (QED) is 0.350. The van der Waals surface area contributed by atoms with Crippen LogP contribution in [0.5, 0.6) is 11.5 Å². The number of carbonyl (C=O) groups is 2. The topological polar surface area (TPSA) is 160 Å². The van der Waals surface area contributed by atoms with Gasteiger partial charge in [-0.2, -0.15) is 0 Å². The molecule has 0 radical (unpaired) electrons. The minimum absolute atomic E-state index is 0.0331. The molecule has 0 unspecified atom stereocenters. The zero-order valence-electron chi connectivity index (χ0n) is 19.5.